The molecule has 7 nitrogen and oxygen atoms in total. The van der Waals surface area contributed by atoms with Crippen molar-refractivity contribution < 1.29 is 14.1 Å². The molecule has 2 aliphatic carbocycles. The molecule has 1 N–H and O–H groups in total. The van der Waals surface area contributed by atoms with Gasteiger partial charge in [0.25, 0.3) is 0 Å². The second-order valence-corrected chi connectivity index (χ2v) is 10.9. The average molecular weight is 509 g/mol. The number of ether oxygens (including phenoxy) is 1. The Balaban J connectivity index is 1.17. The number of piperidine rings is 1. The Bertz CT molecular complexity index is 1010. The summed E-state index contributed by atoms with van der Waals surface area (Å²) >= 11 is 0. The molecule has 1 saturated carbocycles. The molecule has 1 saturated heterocycles. The van der Waals surface area contributed by atoms with Gasteiger partial charge >= 0.3 is 6.01 Å². The highest BCUT2D eigenvalue weighted by molar-refractivity contribution is 5.79. The van der Waals surface area contributed by atoms with Gasteiger partial charge in [-0.3, -0.25) is 4.79 Å². The Morgan fingerprint density at radius 1 is 1.27 bits per heavy atom. The zero-order chi connectivity index (χ0) is 26.2. The summed E-state index contributed by atoms with van der Waals surface area (Å²) in [6.07, 6.45) is 17.7. The standard InChI is InChI=1S/C30H44N4O3/c1-5-21(3)28-32-30(37-33-28)34-18-16-23(17-19-34)20-36-22(4)10-11-24(6-2)25-12-14-26(15-13-25)29(35)31-27-8-7-9-27/h6,10-12,21,23,26-27H,4-5,7-9,13-20H2,1-3H3,(H,31,35)/b11-10-,24-6+. The molecule has 2 fully saturated rings. The van der Waals surface area contributed by atoms with E-state index in [1.54, 1.807) is 0 Å². The Morgan fingerprint density at radius 2 is 2.05 bits per heavy atom. The van der Waals surface area contributed by atoms with Crippen molar-refractivity contribution in [3.8, 4) is 0 Å². The van der Waals surface area contributed by atoms with Crippen molar-refractivity contribution in [1.82, 2.24) is 15.5 Å². The number of carbonyl (C=O) groups excluding carboxylic acids is 1. The molecule has 0 spiro atoms. The lowest BCUT2D eigenvalue weighted by Gasteiger charge is -2.30. The zero-order valence-corrected chi connectivity index (χ0v) is 22.9. The largest absolute Gasteiger partial charge is 0.494 e. The van der Waals surface area contributed by atoms with Crippen LogP contribution >= 0.6 is 0 Å². The van der Waals surface area contributed by atoms with E-state index in [1.165, 1.54) is 17.6 Å². The van der Waals surface area contributed by atoms with Crippen LogP contribution in [0.25, 0.3) is 0 Å². The van der Waals surface area contributed by atoms with Crippen LogP contribution < -0.4 is 10.2 Å². The molecule has 37 heavy (non-hydrogen) atoms. The van der Waals surface area contributed by atoms with E-state index >= 15 is 0 Å². The Morgan fingerprint density at radius 3 is 2.68 bits per heavy atom. The second kappa shape index (κ2) is 13.1. The molecule has 7 heteroatoms. The van der Waals surface area contributed by atoms with Crippen LogP contribution in [0, 0.1) is 11.8 Å². The van der Waals surface area contributed by atoms with Crippen molar-refractivity contribution in [2.75, 3.05) is 24.6 Å². The van der Waals surface area contributed by atoms with E-state index in [4.69, 9.17) is 9.26 Å². The average Bonchev–Trinajstić information content (AvgIpc) is 3.40. The minimum absolute atomic E-state index is 0.109. The maximum Gasteiger partial charge on any atom is 0.324 e. The number of allylic oxidation sites excluding steroid dienone is 6. The molecule has 0 radical (unpaired) electrons. The molecule has 1 aromatic rings. The van der Waals surface area contributed by atoms with Crippen molar-refractivity contribution in [2.45, 2.75) is 90.5 Å². The van der Waals surface area contributed by atoms with Crippen LogP contribution in [0.15, 0.2) is 52.3 Å². The van der Waals surface area contributed by atoms with E-state index in [-0.39, 0.29) is 11.8 Å². The number of nitrogens with one attached hydrogen (secondary N) is 1. The summed E-state index contributed by atoms with van der Waals surface area (Å²) in [6.45, 7) is 12.9. The third-order valence-corrected chi connectivity index (χ3v) is 8.24. The van der Waals surface area contributed by atoms with Gasteiger partial charge in [-0.15, -0.1) is 0 Å². The van der Waals surface area contributed by atoms with Gasteiger partial charge in [0.05, 0.1) is 6.61 Å². The van der Waals surface area contributed by atoms with Gasteiger partial charge in [0, 0.05) is 31.0 Å². The van der Waals surface area contributed by atoms with Gasteiger partial charge in [0.2, 0.25) is 5.91 Å². The number of carbonyl (C=O) groups is 1. The smallest absolute Gasteiger partial charge is 0.324 e. The molecule has 2 unspecified atom stereocenters. The maximum absolute atomic E-state index is 12.5. The first-order chi connectivity index (χ1) is 18.0. The summed E-state index contributed by atoms with van der Waals surface area (Å²) in [5, 5.41) is 7.35. The summed E-state index contributed by atoms with van der Waals surface area (Å²) in [5.74, 6) is 2.63. The number of aromatic nitrogens is 2. The first-order valence-electron chi connectivity index (χ1n) is 14.2. The summed E-state index contributed by atoms with van der Waals surface area (Å²) < 4.78 is 11.5. The molecule has 4 rings (SSSR count). The van der Waals surface area contributed by atoms with E-state index in [0.29, 0.717) is 36.3 Å². The van der Waals surface area contributed by atoms with Gasteiger partial charge in [0.15, 0.2) is 5.82 Å². The lowest BCUT2D eigenvalue weighted by Crippen LogP contribution is -2.42. The van der Waals surface area contributed by atoms with Gasteiger partial charge in [-0.25, -0.2) is 0 Å². The summed E-state index contributed by atoms with van der Waals surface area (Å²) in [4.78, 5) is 19.2. The highest BCUT2D eigenvalue weighted by Gasteiger charge is 2.27. The van der Waals surface area contributed by atoms with Crippen LogP contribution in [0.5, 0.6) is 0 Å². The molecule has 1 aliphatic heterocycles. The normalized spacial score (nSPS) is 22.5. The fourth-order valence-electron chi connectivity index (χ4n) is 5.08. The van der Waals surface area contributed by atoms with Gasteiger partial charge in [-0.2, -0.15) is 4.98 Å². The monoisotopic (exact) mass is 508 g/mol. The van der Waals surface area contributed by atoms with Crippen molar-refractivity contribution >= 4 is 11.9 Å². The van der Waals surface area contributed by atoms with Crippen molar-refractivity contribution in [2.24, 2.45) is 11.8 Å². The summed E-state index contributed by atoms with van der Waals surface area (Å²) in [7, 11) is 0. The van der Waals surface area contributed by atoms with Crippen LogP contribution in [0.1, 0.15) is 90.3 Å². The van der Waals surface area contributed by atoms with E-state index in [1.807, 2.05) is 6.08 Å². The molecule has 1 aromatic heterocycles. The quantitative estimate of drug-likeness (QED) is 0.282. The van der Waals surface area contributed by atoms with Gasteiger partial charge in [0.1, 0.15) is 5.76 Å². The molecular weight excluding hydrogens is 464 g/mol. The summed E-state index contributed by atoms with van der Waals surface area (Å²) in [5.41, 5.74) is 2.50. The Hall–Kier alpha value is -2.83. The highest BCUT2D eigenvalue weighted by atomic mass is 16.5. The van der Waals surface area contributed by atoms with E-state index in [0.717, 1.165) is 70.3 Å². The number of amides is 1. The van der Waals surface area contributed by atoms with Crippen LogP contribution in [0.2, 0.25) is 0 Å². The van der Waals surface area contributed by atoms with E-state index in [9.17, 15) is 4.79 Å². The third-order valence-electron chi connectivity index (χ3n) is 8.24. The number of rotatable bonds is 11. The van der Waals surface area contributed by atoms with Crippen LogP contribution in [-0.2, 0) is 9.53 Å². The van der Waals surface area contributed by atoms with Crippen LogP contribution in [-0.4, -0.2) is 41.8 Å². The molecule has 3 aliphatic rings. The molecule has 2 heterocycles. The van der Waals surface area contributed by atoms with Gasteiger partial charge < -0.3 is 19.5 Å². The number of hydrogen-bond acceptors (Lipinski definition) is 6. The maximum atomic E-state index is 12.5. The lowest BCUT2D eigenvalue weighted by molar-refractivity contribution is -0.126. The fourth-order valence-corrected chi connectivity index (χ4v) is 5.08. The van der Waals surface area contributed by atoms with Crippen molar-refractivity contribution in [3.05, 3.63) is 53.6 Å². The SMILES string of the molecule is C=C(/C=C\C(=C/C)C1=CCC(C(=O)NC2CCC2)CC1)OCC1CCN(c2nc(C(C)CC)no2)CC1. The lowest BCUT2D eigenvalue weighted by atomic mass is 9.84. The number of nitrogens with zero attached hydrogens (tertiary/aromatic N) is 3. The van der Waals surface area contributed by atoms with Crippen LogP contribution in [0.4, 0.5) is 6.01 Å². The molecule has 0 aromatic carbocycles. The molecular formula is C30H44N4O3. The fraction of sp³-hybridized carbons (Fsp3) is 0.633. The van der Waals surface area contributed by atoms with Gasteiger partial charge in [-0.1, -0.05) is 43.8 Å². The molecule has 0 bridgehead atoms. The predicted octanol–water partition coefficient (Wildman–Crippen LogP) is 6.23. The second-order valence-electron chi connectivity index (χ2n) is 10.9. The van der Waals surface area contributed by atoms with Crippen molar-refractivity contribution in [3.63, 3.8) is 0 Å². The Kier molecular flexibility index (Phi) is 9.64. The van der Waals surface area contributed by atoms with Crippen LogP contribution in [0.3, 0.4) is 0 Å². The molecule has 2 atom stereocenters. The third kappa shape index (κ3) is 7.36. The first-order valence-corrected chi connectivity index (χ1v) is 14.2. The van der Waals surface area contributed by atoms with E-state index in [2.05, 4.69) is 65.9 Å². The minimum atomic E-state index is 0.109. The highest BCUT2D eigenvalue weighted by Crippen LogP contribution is 2.30. The van der Waals surface area contributed by atoms with E-state index < -0.39 is 0 Å². The topological polar surface area (TPSA) is 80.5 Å². The first kappa shape index (κ1) is 27.2. The minimum Gasteiger partial charge on any atom is -0.494 e. The zero-order valence-electron chi connectivity index (χ0n) is 22.9. The van der Waals surface area contributed by atoms with Crippen molar-refractivity contribution in [1.29, 1.82) is 0 Å². The van der Waals surface area contributed by atoms with Gasteiger partial charge in [-0.05, 0) is 87.9 Å². The summed E-state index contributed by atoms with van der Waals surface area (Å²) in [6, 6.07) is 1.06. The molecule has 202 valence electrons. The number of hydrogen-bond donors (Lipinski definition) is 1. The Labute approximate surface area is 222 Å². The predicted molar refractivity (Wildman–Crippen MR) is 147 cm³/mol. The number of anilines is 1. The molecule has 1 amide bonds.